The van der Waals surface area contributed by atoms with E-state index in [9.17, 15) is 10.1 Å². The molecule has 1 heterocycles. The number of aryl methyl sites for hydroxylation is 1. The predicted octanol–water partition coefficient (Wildman–Crippen LogP) is 1.48. The van der Waals surface area contributed by atoms with Crippen molar-refractivity contribution >= 4 is 11.9 Å². The van der Waals surface area contributed by atoms with Crippen molar-refractivity contribution in [2.24, 2.45) is 5.10 Å². The molecule has 0 atom stereocenters. The van der Waals surface area contributed by atoms with Crippen LogP contribution in [0.2, 0.25) is 0 Å². The molecule has 1 saturated heterocycles. The third-order valence-electron chi connectivity index (χ3n) is 3.28. The van der Waals surface area contributed by atoms with E-state index in [4.69, 9.17) is 0 Å². The number of likely N-dealkylation sites (N-methyl/N-ethyl adjacent to an activating group) is 1. The SMILES string of the molecule is Cc1ccc(/C=N\N2CCN(C)CC2)cc1[N+](=O)[O-]. The summed E-state index contributed by atoms with van der Waals surface area (Å²) in [5.74, 6) is 0. The van der Waals surface area contributed by atoms with E-state index in [-0.39, 0.29) is 10.6 Å². The quantitative estimate of drug-likeness (QED) is 0.470. The average Bonchev–Trinajstić information content (AvgIpc) is 2.39. The van der Waals surface area contributed by atoms with Gasteiger partial charge in [0.05, 0.1) is 11.1 Å². The molecule has 1 aliphatic rings. The minimum atomic E-state index is -0.359. The van der Waals surface area contributed by atoms with E-state index < -0.39 is 0 Å². The standard InChI is InChI=1S/C13H18N4O2/c1-11-3-4-12(9-13(11)17(18)19)10-14-16-7-5-15(2)6-8-16/h3-4,9-10H,5-8H2,1-2H3/b14-10-. The van der Waals surface area contributed by atoms with E-state index in [0.29, 0.717) is 5.56 Å². The van der Waals surface area contributed by atoms with Crippen LogP contribution < -0.4 is 0 Å². The van der Waals surface area contributed by atoms with Gasteiger partial charge in [0, 0.05) is 43.4 Å². The first kappa shape index (κ1) is 13.5. The fourth-order valence-electron chi connectivity index (χ4n) is 1.96. The highest BCUT2D eigenvalue weighted by molar-refractivity contribution is 5.80. The molecule has 0 saturated carbocycles. The Morgan fingerprint density at radius 1 is 1.32 bits per heavy atom. The zero-order valence-corrected chi connectivity index (χ0v) is 11.2. The van der Waals surface area contributed by atoms with Crippen molar-refractivity contribution < 1.29 is 4.92 Å². The van der Waals surface area contributed by atoms with Gasteiger partial charge in [0.2, 0.25) is 0 Å². The van der Waals surface area contributed by atoms with Crippen LogP contribution in [-0.4, -0.2) is 54.3 Å². The number of rotatable bonds is 3. The molecular weight excluding hydrogens is 244 g/mol. The summed E-state index contributed by atoms with van der Waals surface area (Å²) < 4.78 is 0. The monoisotopic (exact) mass is 262 g/mol. The minimum Gasteiger partial charge on any atom is -0.303 e. The second kappa shape index (κ2) is 5.79. The molecule has 102 valence electrons. The van der Waals surface area contributed by atoms with E-state index in [1.54, 1.807) is 25.3 Å². The van der Waals surface area contributed by atoms with Gasteiger partial charge >= 0.3 is 0 Å². The molecule has 6 heteroatoms. The van der Waals surface area contributed by atoms with Crippen molar-refractivity contribution in [2.45, 2.75) is 6.92 Å². The molecule has 0 bridgehead atoms. The van der Waals surface area contributed by atoms with Crippen LogP contribution in [0.15, 0.2) is 23.3 Å². The molecule has 0 radical (unpaired) electrons. The Balaban J connectivity index is 2.06. The lowest BCUT2D eigenvalue weighted by Crippen LogP contribution is -2.41. The highest BCUT2D eigenvalue weighted by Gasteiger charge is 2.12. The first-order valence-corrected chi connectivity index (χ1v) is 6.29. The summed E-state index contributed by atoms with van der Waals surface area (Å²) >= 11 is 0. The van der Waals surface area contributed by atoms with Crippen LogP contribution in [0, 0.1) is 17.0 Å². The van der Waals surface area contributed by atoms with Gasteiger partial charge in [0.1, 0.15) is 0 Å². The summed E-state index contributed by atoms with van der Waals surface area (Å²) in [4.78, 5) is 12.8. The summed E-state index contributed by atoms with van der Waals surface area (Å²) in [6.45, 7) is 5.50. The molecule has 1 aromatic rings. The Bertz CT molecular complexity index is 493. The minimum absolute atomic E-state index is 0.141. The van der Waals surface area contributed by atoms with Crippen molar-refractivity contribution in [2.75, 3.05) is 33.2 Å². The summed E-state index contributed by atoms with van der Waals surface area (Å²) in [5, 5.41) is 17.2. The number of nitro groups is 1. The van der Waals surface area contributed by atoms with Crippen molar-refractivity contribution in [1.29, 1.82) is 0 Å². The molecule has 0 spiro atoms. The largest absolute Gasteiger partial charge is 0.303 e. The second-order valence-electron chi connectivity index (χ2n) is 4.80. The predicted molar refractivity (Wildman–Crippen MR) is 74.5 cm³/mol. The van der Waals surface area contributed by atoms with Crippen LogP contribution in [-0.2, 0) is 0 Å². The Morgan fingerprint density at radius 2 is 2.00 bits per heavy atom. The fraction of sp³-hybridized carbons (Fsp3) is 0.462. The Hall–Kier alpha value is -1.95. The van der Waals surface area contributed by atoms with Crippen LogP contribution >= 0.6 is 0 Å². The summed E-state index contributed by atoms with van der Waals surface area (Å²) in [6, 6.07) is 5.17. The molecule has 19 heavy (non-hydrogen) atoms. The van der Waals surface area contributed by atoms with E-state index in [0.717, 1.165) is 31.7 Å². The number of nitrogens with zero attached hydrogens (tertiary/aromatic N) is 4. The smallest absolute Gasteiger partial charge is 0.272 e. The van der Waals surface area contributed by atoms with Crippen molar-refractivity contribution in [3.8, 4) is 0 Å². The highest BCUT2D eigenvalue weighted by atomic mass is 16.6. The first-order chi connectivity index (χ1) is 9.06. The molecule has 1 fully saturated rings. The van der Waals surface area contributed by atoms with E-state index in [2.05, 4.69) is 17.0 Å². The number of hydrazone groups is 1. The van der Waals surface area contributed by atoms with Gasteiger partial charge in [-0.2, -0.15) is 5.10 Å². The summed E-state index contributed by atoms with van der Waals surface area (Å²) in [6.07, 6.45) is 1.69. The second-order valence-corrected chi connectivity index (χ2v) is 4.80. The van der Waals surface area contributed by atoms with Gasteiger partial charge in [-0.15, -0.1) is 0 Å². The van der Waals surface area contributed by atoms with Crippen molar-refractivity contribution in [1.82, 2.24) is 9.91 Å². The molecule has 0 aliphatic carbocycles. The Labute approximate surface area is 112 Å². The number of piperazine rings is 1. The lowest BCUT2D eigenvalue weighted by Gasteiger charge is -2.30. The number of benzene rings is 1. The molecule has 0 unspecified atom stereocenters. The maximum Gasteiger partial charge on any atom is 0.272 e. The zero-order chi connectivity index (χ0) is 13.8. The molecule has 0 N–H and O–H groups in total. The van der Waals surface area contributed by atoms with Crippen LogP contribution in [0.3, 0.4) is 0 Å². The first-order valence-electron chi connectivity index (χ1n) is 6.29. The number of hydrogen-bond acceptors (Lipinski definition) is 5. The number of hydrogen-bond donors (Lipinski definition) is 0. The molecule has 0 aromatic heterocycles. The molecule has 1 aliphatic heterocycles. The van der Waals surface area contributed by atoms with E-state index in [1.165, 1.54) is 0 Å². The Morgan fingerprint density at radius 3 is 2.63 bits per heavy atom. The van der Waals surface area contributed by atoms with Crippen LogP contribution in [0.25, 0.3) is 0 Å². The van der Waals surface area contributed by atoms with Gasteiger partial charge in [-0.1, -0.05) is 12.1 Å². The number of nitro benzene ring substituents is 1. The third kappa shape index (κ3) is 3.51. The maximum atomic E-state index is 10.9. The third-order valence-corrected chi connectivity index (χ3v) is 3.28. The van der Waals surface area contributed by atoms with Gasteiger partial charge < -0.3 is 4.90 Å². The summed E-state index contributed by atoms with van der Waals surface area (Å²) in [5.41, 5.74) is 1.57. The molecule has 0 amide bonds. The lowest BCUT2D eigenvalue weighted by atomic mass is 10.1. The highest BCUT2D eigenvalue weighted by Crippen LogP contribution is 2.18. The van der Waals surface area contributed by atoms with Crippen molar-refractivity contribution in [3.63, 3.8) is 0 Å². The maximum absolute atomic E-state index is 10.9. The van der Waals surface area contributed by atoms with Gasteiger partial charge in [-0.05, 0) is 14.0 Å². The van der Waals surface area contributed by atoms with Crippen molar-refractivity contribution in [3.05, 3.63) is 39.4 Å². The normalized spacial score (nSPS) is 17.1. The Kier molecular flexibility index (Phi) is 4.11. The zero-order valence-electron chi connectivity index (χ0n) is 11.2. The molecule has 1 aromatic carbocycles. The lowest BCUT2D eigenvalue weighted by molar-refractivity contribution is -0.385. The van der Waals surface area contributed by atoms with Gasteiger partial charge in [0.25, 0.3) is 5.69 Å². The van der Waals surface area contributed by atoms with Gasteiger partial charge in [0.15, 0.2) is 0 Å². The van der Waals surface area contributed by atoms with Crippen LogP contribution in [0.5, 0.6) is 0 Å². The molecule has 6 nitrogen and oxygen atoms in total. The topological polar surface area (TPSA) is 62.0 Å². The average molecular weight is 262 g/mol. The van der Waals surface area contributed by atoms with Crippen LogP contribution in [0.4, 0.5) is 5.69 Å². The molecule has 2 rings (SSSR count). The van der Waals surface area contributed by atoms with Gasteiger partial charge in [-0.3, -0.25) is 15.1 Å². The van der Waals surface area contributed by atoms with E-state index >= 15 is 0 Å². The fourth-order valence-corrected chi connectivity index (χ4v) is 1.96. The summed E-state index contributed by atoms with van der Waals surface area (Å²) in [7, 11) is 2.09. The molecular formula is C13H18N4O2. The van der Waals surface area contributed by atoms with Gasteiger partial charge in [-0.25, -0.2) is 0 Å². The van der Waals surface area contributed by atoms with Crippen LogP contribution in [0.1, 0.15) is 11.1 Å². The van der Waals surface area contributed by atoms with E-state index in [1.807, 2.05) is 11.1 Å².